The van der Waals surface area contributed by atoms with Gasteiger partial charge in [-0.2, -0.15) is 13.2 Å². The number of benzene rings is 2. The average molecular weight is 265 g/mol. The molecule has 0 N–H and O–H groups in total. The summed E-state index contributed by atoms with van der Waals surface area (Å²) in [5.74, 6) is -3.09. The van der Waals surface area contributed by atoms with Crippen LogP contribution in [0.25, 0.3) is 16.5 Å². The molecule has 98 valence electrons. The summed E-state index contributed by atoms with van der Waals surface area (Å²) >= 11 is 0. The van der Waals surface area contributed by atoms with Crippen LogP contribution in [-0.2, 0) is 4.79 Å². The second-order valence-corrected chi connectivity index (χ2v) is 3.90. The number of halogens is 3. The third-order valence-corrected chi connectivity index (χ3v) is 2.60. The fourth-order valence-electron chi connectivity index (χ4n) is 1.72. The highest BCUT2D eigenvalue weighted by Gasteiger charge is 2.36. The molecule has 0 saturated carbocycles. The number of rotatable bonds is 2. The molecule has 5 heteroatoms. The van der Waals surface area contributed by atoms with E-state index in [2.05, 4.69) is 0 Å². The van der Waals surface area contributed by atoms with Gasteiger partial charge in [-0.05, 0) is 22.4 Å². The van der Waals surface area contributed by atoms with Crippen molar-refractivity contribution in [1.82, 2.24) is 0 Å². The molecule has 0 aliphatic heterocycles. The Kier molecular flexibility index (Phi) is 3.29. The van der Waals surface area contributed by atoms with Crippen molar-refractivity contribution in [2.75, 3.05) is 0 Å². The topological polar surface area (TPSA) is 40.1 Å². The summed E-state index contributed by atoms with van der Waals surface area (Å²) in [6.07, 6.45) is -4.94. The Morgan fingerprint density at radius 3 is 2.37 bits per heavy atom. The second kappa shape index (κ2) is 4.76. The van der Waals surface area contributed by atoms with Crippen molar-refractivity contribution in [1.29, 1.82) is 0 Å². The average Bonchev–Trinajstić information content (AvgIpc) is 2.36. The zero-order valence-electron chi connectivity index (χ0n) is 9.57. The van der Waals surface area contributed by atoms with Gasteiger partial charge >= 0.3 is 6.18 Å². The van der Waals surface area contributed by atoms with Gasteiger partial charge in [0.1, 0.15) is 0 Å². The zero-order valence-corrected chi connectivity index (χ0v) is 9.57. The molecule has 2 aromatic carbocycles. The molecule has 0 spiro atoms. The minimum atomic E-state index is -5.03. The van der Waals surface area contributed by atoms with Crippen LogP contribution in [0.1, 0.15) is 5.56 Å². The van der Waals surface area contributed by atoms with Gasteiger partial charge in [0.15, 0.2) is 0 Å². The van der Waals surface area contributed by atoms with E-state index in [0.717, 1.165) is 5.39 Å². The minimum Gasteiger partial charge on any atom is -0.872 e. The van der Waals surface area contributed by atoms with Gasteiger partial charge in [-0.3, -0.25) is 4.79 Å². The lowest BCUT2D eigenvalue weighted by Gasteiger charge is -2.15. The van der Waals surface area contributed by atoms with Crippen LogP contribution in [0.4, 0.5) is 13.2 Å². The Morgan fingerprint density at radius 2 is 1.68 bits per heavy atom. The van der Waals surface area contributed by atoms with Gasteiger partial charge in [0, 0.05) is 0 Å². The van der Waals surface area contributed by atoms with Crippen LogP contribution in [0.3, 0.4) is 0 Å². The lowest BCUT2D eigenvalue weighted by atomic mass is 10.0. The Bertz CT molecular complexity index is 652. The highest BCUT2D eigenvalue weighted by Crippen LogP contribution is 2.24. The number of ketones is 1. The first-order chi connectivity index (χ1) is 8.89. The first-order valence-corrected chi connectivity index (χ1v) is 5.37. The third kappa shape index (κ3) is 2.76. The lowest BCUT2D eigenvalue weighted by Crippen LogP contribution is -2.22. The van der Waals surface area contributed by atoms with Crippen LogP contribution in [-0.4, -0.2) is 12.0 Å². The molecule has 0 amide bonds. The molecule has 2 rings (SSSR count). The second-order valence-electron chi connectivity index (χ2n) is 3.90. The van der Waals surface area contributed by atoms with E-state index in [-0.39, 0.29) is 11.6 Å². The predicted molar refractivity (Wildman–Crippen MR) is 63.0 cm³/mol. The van der Waals surface area contributed by atoms with Gasteiger partial charge in [0.25, 0.3) is 5.78 Å². The van der Waals surface area contributed by atoms with E-state index in [4.69, 9.17) is 0 Å². The van der Waals surface area contributed by atoms with Crippen LogP contribution in [0.15, 0.2) is 48.5 Å². The number of fused-ring (bicyclic) bond motifs is 1. The molecule has 2 nitrogen and oxygen atoms in total. The maximum absolute atomic E-state index is 12.1. The molecular weight excluding hydrogens is 257 g/mol. The summed E-state index contributed by atoms with van der Waals surface area (Å²) in [6, 6.07) is 11.5. The standard InChI is InChI=1S/C14H9F3O2/c15-14(16,17)13(19)8-12(18)11-7-3-5-9-4-1-2-6-10(9)11/h1-8,18H/p-1/b12-8-. The van der Waals surface area contributed by atoms with Gasteiger partial charge in [-0.1, -0.05) is 48.2 Å². The van der Waals surface area contributed by atoms with Crippen molar-refractivity contribution in [3.8, 4) is 0 Å². The number of alkyl halides is 3. The van der Waals surface area contributed by atoms with Crippen molar-refractivity contribution in [2.24, 2.45) is 0 Å². The highest BCUT2D eigenvalue weighted by molar-refractivity contribution is 6.02. The summed E-state index contributed by atoms with van der Waals surface area (Å²) in [7, 11) is 0. The largest absolute Gasteiger partial charge is 0.872 e. The third-order valence-electron chi connectivity index (χ3n) is 2.60. The van der Waals surface area contributed by atoms with Crippen LogP contribution in [0.2, 0.25) is 0 Å². The molecule has 0 unspecified atom stereocenters. The molecule has 0 aliphatic carbocycles. The molecule has 2 aromatic rings. The number of carbonyl (C=O) groups is 1. The molecule has 0 aliphatic rings. The van der Waals surface area contributed by atoms with Crippen LogP contribution < -0.4 is 5.11 Å². The maximum atomic E-state index is 12.1. The van der Waals surface area contributed by atoms with Crippen LogP contribution >= 0.6 is 0 Å². The number of hydrogen-bond donors (Lipinski definition) is 0. The fraction of sp³-hybridized carbons (Fsp3) is 0.0714. The smallest absolute Gasteiger partial charge is 0.454 e. The van der Waals surface area contributed by atoms with Crippen molar-refractivity contribution in [3.63, 3.8) is 0 Å². The Labute approximate surface area is 106 Å². The van der Waals surface area contributed by atoms with E-state index in [1.807, 2.05) is 0 Å². The minimum absolute atomic E-state index is 0.0794. The lowest BCUT2D eigenvalue weighted by molar-refractivity contribution is -0.244. The Balaban J connectivity index is 2.51. The Hall–Kier alpha value is -2.30. The fourth-order valence-corrected chi connectivity index (χ4v) is 1.72. The number of hydrogen-bond acceptors (Lipinski definition) is 2. The van der Waals surface area contributed by atoms with Gasteiger partial charge in [-0.25, -0.2) is 0 Å². The van der Waals surface area contributed by atoms with E-state index in [0.29, 0.717) is 5.39 Å². The van der Waals surface area contributed by atoms with Crippen molar-refractivity contribution in [2.45, 2.75) is 6.18 Å². The number of carbonyl (C=O) groups excluding carboxylic acids is 1. The van der Waals surface area contributed by atoms with Crippen molar-refractivity contribution >= 4 is 22.3 Å². The molecule has 0 bridgehead atoms. The monoisotopic (exact) mass is 265 g/mol. The summed E-state index contributed by atoms with van der Waals surface area (Å²) in [5.41, 5.74) is 0.0794. The first kappa shape index (κ1) is 13.1. The van der Waals surface area contributed by atoms with Gasteiger partial charge in [-0.15, -0.1) is 0 Å². The van der Waals surface area contributed by atoms with E-state index < -0.39 is 17.7 Å². The molecule has 0 aromatic heterocycles. The Morgan fingerprint density at radius 1 is 1.05 bits per heavy atom. The summed E-state index contributed by atoms with van der Waals surface area (Å²) in [6.45, 7) is 0. The maximum Gasteiger partial charge on any atom is 0.454 e. The summed E-state index contributed by atoms with van der Waals surface area (Å²) < 4.78 is 36.3. The van der Waals surface area contributed by atoms with Crippen molar-refractivity contribution < 1.29 is 23.1 Å². The normalized spacial score (nSPS) is 12.7. The molecule has 0 radical (unpaired) electrons. The molecular formula is C14H8F3O2-. The van der Waals surface area contributed by atoms with Crippen LogP contribution in [0, 0.1) is 0 Å². The van der Waals surface area contributed by atoms with Gasteiger partial charge < -0.3 is 5.11 Å². The summed E-state index contributed by atoms with van der Waals surface area (Å²) in [5, 5.41) is 13.0. The first-order valence-electron chi connectivity index (χ1n) is 5.37. The number of allylic oxidation sites excluding steroid dienone is 1. The molecule has 0 atom stereocenters. The van der Waals surface area contributed by atoms with Gasteiger partial charge in [0.05, 0.1) is 0 Å². The van der Waals surface area contributed by atoms with E-state index in [9.17, 15) is 23.1 Å². The predicted octanol–water partition coefficient (Wildman–Crippen LogP) is 2.67. The van der Waals surface area contributed by atoms with E-state index in [1.54, 1.807) is 36.4 Å². The van der Waals surface area contributed by atoms with E-state index in [1.165, 1.54) is 6.07 Å². The van der Waals surface area contributed by atoms with Crippen molar-refractivity contribution in [3.05, 3.63) is 54.1 Å². The highest BCUT2D eigenvalue weighted by atomic mass is 19.4. The zero-order chi connectivity index (χ0) is 14.0. The SMILES string of the molecule is O=C(/C=C(\[O-])c1cccc2ccccc12)C(F)(F)F. The summed E-state index contributed by atoms with van der Waals surface area (Å²) in [4.78, 5) is 10.8. The quantitative estimate of drug-likeness (QED) is 0.618. The molecule has 0 saturated heterocycles. The van der Waals surface area contributed by atoms with Gasteiger partial charge in [0.2, 0.25) is 0 Å². The molecule has 19 heavy (non-hydrogen) atoms. The van der Waals surface area contributed by atoms with E-state index >= 15 is 0 Å². The van der Waals surface area contributed by atoms with Crippen LogP contribution in [0.5, 0.6) is 0 Å². The molecule has 0 heterocycles. The molecule has 0 fully saturated rings.